The quantitative estimate of drug-likeness (QED) is 0.428. The highest BCUT2D eigenvalue weighted by Gasteiger charge is 2.22. The van der Waals surface area contributed by atoms with Crippen LogP contribution in [-0.4, -0.2) is 58.8 Å². The van der Waals surface area contributed by atoms with E-state index in [0.717, 1.165) is 31.5 Å². The van der Waals surface area contributed by atoms with Gasteiger partial charge in [0.2, 0.25) is 5.95 Å². The van der Waals surface area contributed by atoms with Crippen molar-refractivity contribution in [1.29, 1.82) is 0 Å². The third-order valence-corrected chi connectivity index (χ3v) is 5.68. The standard InChI is InChI=1S/C22H27N7O4/c1-27-19-18(20(30)26-22(27)31)29(21(25-19)28-10-5-4-6-11-28)12-9-23-24-14-15-7-8-16(32-2)13-17(15)33-3/h7-9,13-14H,4-6,10-12H2,1-3H3,(H,26,30,31). The molecule has 0 bridgehead atoms. The number of H-pyrrole nitrogens is 1. The van der Waals surface area contributed by atoms with Crippen LogP contribution in [0.3, 0.4) is 0 Å². The number of hydrogen-bond acceptors (Lipinski definition) is 8. The summed E-state index contributed by atoms with van der Waals surface area (Å²) in [5, 5.41) is 8.25. The van der Waals surface area contributed by atoms with Crippen LogP contribution >= 0.6 is 0 Å². The Hall–Kier alpha value is -3.89. The molecule has 1 fully saturated rings. The van der Waals surface area contributed by atoms with Crippen LogP contribution in [-0.2, 0) is 13.6 Å². The van der Waals surface area contributed by atoms with Crippen LogP contribution in [0.2, 0.25) is 0 Å². The molecule has 3 aromatic rings. The summed E-state index contributed by atoms with van der Waals surface area (Å²) >= 11 is 0. The van der Waals surface area contributed by atoms with Crippen molar-refractivity contribution in [3.05, 3.63) is 44.6 Å². The van der Waals surface area contributed by atoms with Gasteiger partial charge in [-0.3, -0.25) is 18.9 Å². The van der Waals surface area contributed by atoms with E-state index in [1.54, 1.807) is 44.3 Å². The van der Waals surface area contributed by atoms with Gasteiger partial charge in [-0.25, -0.2) is 4.79 Å². The second kappa shape index (κ2) is 9.72. The molecule has 1 aliphatic heterocycles. The van der Waals surface area contributed by atoms with Gasteiger partial charge in [-0.15, -0.1) is 0 Å². The Morgan fingerprint density at radius 2 is 1.91 bits per heavy atom. The van der Waals surface area contributed by atoms with E-state index in [1.165, 1.54) is 11.0 Å². The van der Waals surface area contributed by atoms with E-state index in [2.05, 4.69) is 25.1 Å². The molecule has 1 aromatic carbocycles. The molecule has 0 saturated carbocycles. The minimum absolute atomic E-state index is 0.278. The van der Waals surface area contributed by atoms with Gasteiger partial charge in [0, 0.05) is 38.0 Å². The van der Waals surface area contributed by atoms with Crippen LogP contribution < -0.4 is 25.6 Å². The maximum Gasteiger partial charge on any atom is 0.329 e. The number of ether oxygens (including phenoxy) is 2. The molecule has 0 unspecified atom stereocenters. The number of aryl methyl sites for hydroxylation is 1. The Kier molecular flexibility index (Phi) is 6.57. The van der Waals surface area contributed by atoms with Gasteiger partial charge >= 0.3 is 5.69 Å². The highest BCUT2D eigenvalue weighted by molar-refractivity contribution is 5.84. The Labute approximate surface area is 190 Å². The van der Waals surface area contributed by atoms with Gasteiger partial charge in [0.25, 0.3) is 5.56 Å². The first kappa shape index (κ1) is 22.3. The van der Waals surface area contributed by atoms with E-state index in [4.69, 9.17) is 9.47 Å². The van der Waals surface area contributed by atoms with E-state index < -0.39 is 11.2 Å². The van der Waals surface area contributed by atoms with Crippen LogP contribution in [0.1, 0.15) is 24.8 Å². The van der Waals surface area contributed by atoms with Gasteiger partial charge in [-0.05, 0) is 31.4 Å². The number of aromatic nitrogens is 4. The number of rotatable bonds is 7. The molecule has 174 valence electrons. The number of aromatic amines is 1. The molecular weight excluding hydrogens is 426 g/mol. The highest BCUT2D eigenvalue weighted by Crippen LogP contribution is 2.24. The number of anilines is 1. The fourth-order valence-electron chi connectivity index (χ4n) is 3.92. The molecular formula is C22H27N7O4. The summed E-state index contributed by atoms with van der Waals surface area (Å²) in [6, 6.07) is 5.41. The van der Waals surface area contributed by atoms with E-state index in [-0.39, 0.29) is 6.54 Å². The minimum Gasteiger partial charge on any atom is -0.497 e. The lowest BCUT2D eigenvalue weighted by Gasteiger charge is -2.27. The molecule has 1 saturated heterocycles. The van der Waals surface area contributed by atoms with E-state index >= 15 is 0 Å². The average molecular weight is 454 g/mol. The van der Waals surface area contributed by atoms with Crippen LogP contribution in [0.15, 0.2) is 38.0 Å². The third-order valence-electron chi connectivity index (χ3n) is 5.68. The van der Waals surface area contributed by atoms with Crippen molar-refractivity contribution >= 4 is 29.5 Å². The fourth-order valence-corrected chi connectivity index (χ4v) is 3.92. The van der Waals surface area contributed by atoms with Crippen molar-refractivity contribution in [1.82, 2.24) is 19.1 Å². The van der Waals surface area contributed by atoms with Gasteiger partial charge in [0.05, 0.1) is 27.0 Å². The van der Waals surface area contributed by atoms with Crippen molar-refractivity contribution in [3.8, 4) is 11.5 Å². The molecule has 0 radical (unpaired) electrons. The average Bonchev–Trinajstić information content (AvgIpc) is 3.23. The smallest absolute Gasteiger partial charge is 0.329 e. The predicted octanol–water partition coefficient (Wildman–Crippen LogP) is 1.54. The molecule has 4 rings (SSSR count). The Bertz CT molecular complexity index is 1310. The molecule has 0 spiro atoms. The Morgan fingerprint density at radius 1 is 1.12 bits per heavy atom. The van der Waals surface area contributed by atoms with Crippen molar-refractivity contribution in [2.45, 2.75) is 25.8 Å². The largest absolute Gasteiger partial charge is 0.497 e. The van der Waals surface area contributed by atoms with Crippen LogP contribution in [0.5, 0.6) is 11.5 Å². The second-order valence-corrected chi connectivity index (χ2v) is 7.71. The number of imidazole rings is 1. The number of benzene rings is 1. The summed E-state index contributed by atoms with van der Waals surface area (Å²) < 4.78 is 13.7. The number of nitrogens with zero attached hydrogens (tertiary/aromatic N) is 6. The van der Waals surface area contributed by atoms with E-state index in [1.807, 2.05) is 12.1 Å². The zero-order valence-corrected chi connectivity index (χ0v) is 18.9. The molecule has 33 heavy (non-hydrogen) atoms. The molecule has 0 amide bonds. The van der Waals surface area contributed by atoms with Gasteiger partial charge < -0.3 is 14.4 Å². The van der Waals surface area contributed by atoms with Crippen molar-refractivity contribution < 1.29 is 9.47 Å². The zero-order valence-electron chi connectivity index (χ0n) is 18.9. The number of methoxy groups -OCH3 is 2. The SMILES string of the molecule is COc1ccc(C=NN=CCn2c(N3CCCCC3)nc3c2c(=O)[nH]c(=O)n3C)c(OC)c1. The zero-order chi connectivity index (χ0) is 23.4. The third kappa shape index (κ3) is 4.52. The molecule has 2 aromatic heterocycles. The maximum atomic E-state index is 12.6. The summed E-state index contributed by atoms with van der Waals surface area (Å²) in [5.41, 5.74) is 0.482. The van der Waals surface area contributed by atoms with Crippen molar-refractivity contribution in [2.24, 2.45) is 17.3 Å². The monoisotopic (exact) mass is 453 g/mol. The van der Waals surface area contributed by atoms with E-state index in [9.17, 15) is 9.59 Å². The van der Waals surface area contributed by atoms with Crippen molar-refractivity contribution in [3.63, 3.8) is 0 Å². The van der Waals surface area contributed by atoms with Gasteiger partial charge in [-0.1, -0.05) is 0 Å². The van der Waals surface area contributed by atoms with Crippen molar-refractivity contribution in [2.75, 3.05) is 32.2 Å². The Balaban J connectivity index is 1.63. The summed E-state index contributed by atoms with van der Waals surface area (Å²) in [7, 11) is 4.76. The highest BCUT2D eigenvalue weighted by atomic mass is 16.5. The van der Waals surface area contributed by atoms with Crippen LogP contribution in [0, 0.1) is 0 Å². The van der Waals surface area contributed by atoms with Crippen LogP contribution in [0.25, 0.3) is 11.2 Å². The summed E-state index contributed by atoms with van der Waals surface area (Å²) in [5.74, 6) is 1.96. The molecule has 1 aliphatic rings. The van der Waals surface area contributed by atoms with Gasteiger partial charge in [0.15, 0.2) is 11.2 Å². The molecule has 11 heteroatoms. The second-order valence-electron chi connectivity index (χ2n) is 7.71. The lowest BCUT2D eigenvalue weighted by molar-refractivity contribution is 0.394. The van der Waals surface area contributed by atoms with E-state index in [0.29, 0.717) is 28.6 Å². The normalized spacial score (nSPS) is 14.6. The molecule has 11 nitrogen and oxygen atoms in total. The predicted molar refractivity (Wildman–Crippen MR) is 127 cm³/mol. The molecule has 0 atom stereocenters. The first-order chi connectivity index (χ1) is 16.0. The minimum atomic E-state index is -0.492. The van der Waals surface area contributed by atoms with Gasteiger partial charge in [-0.2, -0.15) is 15.2 Å². The molecule has 0 aliphatic carbocycles. The maximum absolute atomic E-state index is 12.6. The summed E-state index contributed by atoms with van der Waals surface area (Å²) in [4.78, 5) is 33.8. The summed E-state index contributed by atoms with van der Waals surface area (Å²) in [6.07, 6.45) is 6.47. The van der Waals surface area contributed by atoms with Crippen LogP contribution in [0.4, 0.5) is 5.95 Å². The first-order valence-corrected chi connectivity index (χ1v) is 10.7. The molecule has 3 heterocycles. The topological polar surface area (TPSA) is 119 Å². The number of fused-ring (bicyclic) bond motifs is 1. The lowest BCUT2D eigenvalue weighted by Crippen LogP contribution is -2.32. The Morgan fingerprint density at radius 3 is 2.64 bits per heavy atom. The first-order valence-electron chi connectivity index (χ1n) is 10.7. The van der Waals surface area contributed by atoms with Gasteiger partial charge in [0.1, 0.15) is 11.5 Å². The lowest BCUT2D eigenvalue weighted by atomic mass is 10.1. The fraction of sp³-hybridized carbons (Fsp3) is 0.409. The molecule has 1 N–H and O–H groups in total. The number of nitrogens with one attached hydrogen (secondary N) is 1. The number of hydrogen-bond donors (Lipinski definition) is 1. The summed E-state index contributed by atoms with van der Waals surface area (Å²) in [6.45, 7) is 1.98. The number of piperidine rings is 1.